The minimum atomic E-state index is -0.848. The van der Waals surface area contributed by atoms with E-state index in [4.69, 9.17) is 0 Å². The molecule has 4 heteroatoms. The molecule has 0 fully saturated rings. The lowest BCUT2D eigenvalue weighted by Gasteiger charge is -2.20. The van der Waals surface area contributed by atoms with Crippen LogP contribution in [0.1, 0.15) is 213 Å². The first-order valence-corrected chi connectivity index (χ1v) is 22.0. The number of rotatable bonds is 39. The summed E-state index contributed by atoms with van der Waals surface area (Å²) in [4.78, 5) is 12.4. The fourth-order valence-corrected chi connectivity index (χ4v) is 6.40. The molecule has 2 unspecified atom stereocenters. The first kappa shape index (κ1) is 49.1. The Hall–Kier alpha value is -1.91. The maximum Gasteiger partial charge on any atom is 0.220 e. The Morgan fingerprint density at radius 2 is 0.863 bits per heavy atom. The molecule has 2 atom stereocenters. The van der Waals surface area contributed by atoms with Crippen LogP contribution in [0.5, 0.6) is 0 Å². The summed E-state index contributed by atoms with van der Waals surface area (Å²) in [5.74, 6) is -0.0793. The van der Waals surface area contributed by atoms with E-state index in [1.54, 1.807) is 6.08 Å². The van der Waals surface area contributed by atoms with Crippen LogP contribution in [0.15, 0.2) is 60.8 Å². The molecule has 0 heterocycles. The van der Waals surface area contributed by atoms with Gasteiger partial charge in [-0.05, 0) is 57.8 Å². The average molecular weight is 712 g/mol. The van der Waals surface area contributed by atoms with Gasteiger partial charge in [0.1, 0.15) is 0 Å². The number of amides is 1. The molecule has 0 saturated heterocycles. The maximum absolute atomic E-state index is 12.4. The van der Waals surface area contributed by atoms with Crippen molar-refractivity contribution in [3.05, 3.63) is 60.8 Å². The van der Waals surface area contributed by atoms with Crippen molar-refractivity contribution in [3.63, 3.8) is 0 Å². The summed E-state index contributed by atoms with van der Waals surface area (Å²) in [7, 11) is 0. The topological polar surface area (TPSA) is 69.6 Å². The fourth-order valence-electron chi connectivity index (χ4n) is 6.40. The molecule has 296 valence electrons. The van der Waals surface area contributed by atoms with Gasteiger partial charge in [-0.1, -0.05) is 209 Å². The first-order valence-electron chi connectivity index (χ1n) is 22.0. The largest absolute Gasteiger partial charge is 0.394 e. The molecule has 0 aromatic rings. The van der Waals surface area contributed by atoms with E-state index in [2.05, 4.69) is 67.8 Å². The lowest BCUT2D eigenvalue weighted by molar-refractivity contribution is -0.123. The van der Waals surface area contributed by atoms with Crippen LogP contribution in [0.2, 0.25) is 0 Å². The molecule has 4 nitrogen and oxygen atoms in total. The third-order valence-electron chi connectivity index (χ3n) is 9.76. The van der Waals surface area contributed by atoms with E-state index in [1.807, 2.05) is 6.08 Å². The number of aliphatic hydroxyl groups is 2. The quantitative estimate of drug-likeness (QED) is 0.0439. The van der Waals surface area contributed by atoms with Gasteiger partial charge in [-0.25, -0.2) is 0 Å². The normalized spacial score (nSPS) is 13.6. The van der Waals surface area contributed by atoms with Gasteiger partial charge in [-0.2, -0.15) is 0 Å². The first-order chi connectivity index (χ1) is 25.2. The van der Waals surface area contributed by atoms with Gasteiger partial charge in [0.2, 0.25) is 5.91 Å². The standard InChI is InChI=1S/C47H85NO3/c1-3-5-7-9-11-13-15-17-19-21-23-25-26-28-30-32-34-36-38-40-42-46(50)45(44-49)48-47(51)43-41-39-37-35-33-31-29-27-24-22-20-18-16-14-12-10-8-6-4-2/h6,8,12,14,18,20,24,27,40,42,45-46,49-50H,3-5,7,9-11,13,15-17,19,21-23,25-26,28-39,41,43-44H2,1-2H3,(H,48,51)/b8-6-,14-12-,20-18-,27-24-,42-40+. The molecule has 51 heavy (non-hydrogen) atoms. The molecule has 0 bridgehead atoms. The predicted octanol–water partition coefficient (Wildman–Crippen LogP) is 13.7. The van der Waals surface area contributed by atoms with Crippen LogP contribution >= 0.6 is 0 Å². The van der Waals surface area contributed by atoms with Crippen LogP contribution in [0.3, 0.4) is 0 Å². The lowest BCUT2D eigenvalue weighted by Crippen LogP contribution is -2.45. The summed E-state index contributed by atoms with van der Waals surface area (Å²) in [5, 5.41) is 23.0. The Bertz CT molecular complexity index is 858. The van der Waals surface area contributed by atoms with E-state index in [0.717, 1.165) is 64.2 Å². The molecule has 0 aliphatic rings. The maximum atomic E-state index is 12.4. The predicted molar refractivity (Wildman–Crippen MR) is 225 cm³/mol. The number of aliphatic hydroxyl groups excluding tert-OH is 2. The molecule has 3 N–H and O–H groups in total. The zero-order chi connectivity index (χ0) is 37.1. The third kappa shape index (κ3) is 39.1. The molecule has 0 aromatic carbocycles. The number of unbranched alkanes of at least 4 members (excludes halogenated alkanes) is 24. The highest BCUT2D eigenvalue weighted by molar-refractivity contribution is 5.76. The average Bonchev–Trinajstić information content (AvgIpc) is 3.13. The molecular formula is C47H85NO3. The molecule has 0 radical (unpaired) electrons. The zero-order valence-corrected chi connectivity index (χ0v) is 33.9. The second-order valence-electron chi connectivity index (χ2n) is 14.7. The van der Waals surface area contributed by atoms with Gasteiger partial charge in [-0.3, -0.25) is 4.79 Å². The molecule has 0 aliphatic carbocycles. The Morgan fingerprint density at radius 3 is 1.29 bits per heavy atom. The minimum absolute atomic E-state index is 0.0793. The highest BCUT2D eigenvalue weighted by Crippen LogP contribution is 2.15. The number of nitrogens with one attached hydrogen (secondary N) is 1. The SMILES string of the molecule is CC/C=C\C/C=C\C/C=C\C/C=C\CCCCCCCCC(=O)NC(CO)C(O)/C=C/CCCCCCCCCCCCCCCCCCCC. The van der Waals surface area contributed by atoms with Crippen molar-refractivity contribution in [1.29, 1.82) is 0 Å². The molecule has 0 saturated carbocycles. The summed E-state index contributed by atoms with van der Waals surface area (Å²) >= 11 is 0. The summed E-state index contributed by atoms with van der Waals surface area (Å²) in [5.41, 5.74) is 0. The number of carbonyl (C=O) groups excluding carboxylic acids is 1. The molecule has 0 aromatic heterocycles. The van der Waals surface area contributed by atoms with E-state index in [9.17, 15) is 15.0 Å². The second kappa shape index (κ2) is 42.5. The van der Waals surface area contributed by atoms with Crippen LogP contribution in [-0.2, 0) is 4.79 Å². The van der Waals surface area contributed by atoms with E-state index in [0.29, 0.717) is 6.42 Å². The van der Waals surface area contributed by atoms with E-state index < -0.39 is 12.1 Å². The minimum Gasteiger partial charge on any atom is -0.394 e. The van der Waals surface area contributed by atoms with Crippen molar-refractivity contribution in [2.24, 2.45) is 0 Å². The van der Waals surface area contributed by atoms with Gasteiger partial charge in [0, 0.05) is 6.42 Å². The van der Waals surface area contributed by atoms with Crippen molar-refractivity contribution in [3.8, 4) is 0 Å². The van der Waals surface area contributed by atoms with E-state index >= 15 is 0 Å². The van der Waals surface area contributed by atoms with E-state index in [-0.39, 0.29) is 12.5 Å². The highest BCUT2D eigenvalue weighted by Gasteiger charge is 2.17. The molecular weight excluding hydrogens is 627 g/mol. The van der Waals surface area contributed by atoms with E-state index in [1.165, 1.54) is 128 Å². The smallest absolute Gasteiger partial charge is 0.220 e. The van der Waals surface area contributed by atoms with Gasteiger partial charge < -0.3 is 15.5 Å². The van der Waals surface area contributed by atoms with Gasteiger partial charge >= 0.3 is 0 Å². The van der Waals surface area contributed by atoms with Gasteiger partial charge in [0.15, 0.2) is 0 Å². The van der Waals surface area contributed by atoms with Gasteiger partial charge in [0.05, 0.1) is 18.8 Å². The van der Waals surface area contributed by atoms with Crippen LogP contribution in [0.4, 0.5) is 0 Å². The van der Waals surface area contributed by atoms with Crippen molar-refractivity contribution < 1.29 is 15.0 Å². The second-order valence-corrected chi connectivity index (χ2v) is 14.7. The van der Waals surface area contributed by atoms with Crippen molar-refractivity contribution >= 4 is 5.91 Å². The fraction of sp³-hybridized carbons (Fsp3) is 0.766. The molecule has 0 aliphatic heterocycles. The number of hydrogen-bond donors (Lipinski definition) is 3. The Balaban J connectivity index is 3.61. The molecule has 1 amide bonds. The Kier molecular flexibility index (Phi) is 40.9. The lowest BCUT2D eigenvalue weighted by atomic mass is 10.0. The highest BCUT2D eigenvalue weighted by atomic mass is 16.3. The summed E-state index contributed by atoms with van der Waals surface area (Å²) < 4.78 is 0. The van der Waals surface area contributed by atoms with Gasteiger partial charge in [-0.15, -0.1) is 0 Å². The number of allylic oxidation sites excluding steroid dienone is 9. The van der Waals surface area contributed by atoms with Crippen LogP contribution in [0, 0.1) is 0 Å². The van der Waals surface area contributed by atoms with Crippen molar-refractivity contribution in [2.75, 3.05) is 6.61 Å². The number of hydrogen-bond acceptors (Lipinski definition) is 3. The summed E-state index contributed by atoms with van der Waals surface area (Å²) in [6.45, 7) is 4.19. The molecule has 0 rings (SSSR count). The monoisotopic (exact) mass is 712 g/mol. The third-order valence-corrected chi connectivity index (χ3v) is 9.76. The van der Waals surface area contributed by atoms with Gasteiger partial charge in [0.25, 0.3) is 0 Å². The summed E-state index contributed by atoms with van der Waals surface area (Å²) in [6.07, 6.45) is 58.9. The number of carbonyl (C=O) groups is 1. The molecule has 0 spiro atoms. The Morgan fingerprint density at radius 1 is 0.490 bits per heavy atom. The van der Waals surface area contributed by atoms with Crippen LogP contribution < -0.4 is 5.32 Å². The zero-order valence-electron chi connectivity index (χ0n) is 33.9. The van der Waals surface area contributed by atoms with Crippen molar-refractivity contribution in [2.45, 2.75) is 225 Å². The summed E-state index contributed by atoms with van der Waals surface area (Å²) in [6, 6.07) is -0.632. The van der Waals surface area contributed by atoms with Crippen LogP contribution in [-0.4, -0.2) is 34.9 Å². The Labute approximate surface area is 317 Å². The van der Waals surface area contributed by atoms with Crippen molar-refractivity contribution in [1.82, 2.24) is 5.32 Å². The van der Waals surface area contributed by atoms with Crippen LogP contribution in [0.25, 0.3) is 0 Å².